The molecule has 2 amide bonds. The molecule has 1 aliphatic heterocycles. The number of carbonyl (C=O) groups is 2. The largest absolute Gasteiger partial charge is 0.383 e. The summed E-state index contributed by atoms with van der Waals surface area (Å²) in [5, 5.41) is 9.16. The van der Waals surface area contributed by atoms with Crippen LogP contribution in [0, 0.1) is 11.3 Å². The fourth-order valence-corrected chi connectivity index (χ4v) is 3.43. The zero-order valence-electron chi connectivity index (χ0n) is 16.1. The van der Waals surface area contributed by atoms with Crippen LogP contribution in [-0.4, -0.2) is 52.8 Å². The van der Waals surface area contributed by atoms with Crippen molar-refractivity contribution >= 4 is 17.6 Å². The lowest BCUT2D eigenvalue weighted by Crippen LogP contribution is -2.57. The number of nitrogens with two attached hydrogens (primary N) is 1. The summed E-state index contributed by atoms with van der Waals surface area (Å²) in [6.07, 6.45) is 3.04. The van der Waals surface area contributed by atoms with Crippen molar-refractivity contribution in [2.75, 3.05) is 25.9 Å². The second-order valence-corrected chi connectivity index (χ2v) is 6.91. The average Bonchev–Trinajstić information content (AvgIpc) is 2.71. The van der Waals surface area contributed by atoms with E-state index in [0.717, 1.165) is 12.0 Å². The third kappa shape index (κ3) is 3.67. The molecule has 0 saturated carbocycles. The van der Waals surface area contributed by atoms with Gasteiger partial charge in [0.15, 0.2) is 0 Å². The maximum Gasteiger partial charge on any atom is 0.254 e. The van der Waals surface area contributed by atoms with Gasteiger partial charge in [0.1, 0.15) is 17.9 Å². The second kappa shape index (κ2) is 8.09. The number of hydrogen-bond acceptors (Lipinski definition) is 5. The number of aromatic nitrogens is 1. The van der Waals surface area contributed by atoms with Gasteiger partial charge in [-0.25, -0.2) is 4.98 Å². The van der Waals surface area contributed by atoms with Crippen LogP contribution in [0.25, 0.3) is 11.1 Å². The Labute approximate surface area is 164 Å². The molecule has 1 saturated heterocycles. The Kier molecular flexibility index (Phi) is 5.59. The summed E-state index contributed by atoms with van der Waals surface area (Å²) in [7, 11) is 1.77. The van der Waals surface area contributed by atoms with E-state index in [0.29, 0.717) is 36.2 Å². The van der Waals surface area contributed by atoms with Crippen LogP contribution < -0.4 is 5.73 Å². The molecule has 1 aromatic carbocycles. The molecule has 1 fully saturated rings. The Bertz CT molecular complexity index is 950. The summed E-state index contributed by atoms with van der Waals surface area (Å²) in [5.41, 5.74) is 7.96. The first-order chi connectivity index (χ1) is 13.5. The van der Waals surface area contributed by atoms with Crippen LogP contribution in [0.3, 0.4) is 0 Å². The monoisotopic (exact) mass is 377 g/mol. The predicted octanol–water partition coefficient (Wildman–Crippen LogP) is 2.29. The maximum absolute atomic E-state index is 13.2. The highest BCUT2D eigenvalue weighted by molar-refractivity contribution is 5.99. The van der Waals surface area contributed by atoms with Crippen molar-refractivity contribution in [2.24, 2.45) is 0 Å². The molecule has 0 bridgehead atoms. The second-order valence-electron chi connectivity index (χ2n) is 6.91. The van der Waals surface area contributed by atoms with Crippen molar-refractivity contribution in [2.45, 2.75) is 25.8 Å². The van der Waals surface area contributed by atoms with E-state index in [-0.39, 0.29) is 17.6 Å². The van der Waals surface area contributed by atoms with Crippen LogP contribution in [-0.2, 0) is 4.79 Å². The van der Waals surface area contributed by atoms with Gasteiger partial charge in [0.25, 0.3) is 5.91 Å². The molecule has 0 radical (unpaired) electrons. The van der Waals surface area contributed by atoms with E-state index in [1.165, 1.54) is 0 Å². The van der Waals surface area contributed by atoms with Crippen LogP contribution in [0.4, 0.5) is 5.82 Å². The van der Waals surface area contributed by atoms with Crippen molar-refractivity contribution < 1.29 is 9.59 Å². The zero-order valence-corrected chi connectivity index (χ0v) is 16.1. The van der Waals surface area contributed by atoms with Gasteiger partial charge >= 0.3 is 0 Å². The van der Waals surface area contributed by atoms with E-state index in [1.807, 2.05) is 19.1 Å². The number of nitrogens with zero attached hydrogens (tertiary/aromatic N) is 4. The van der Waals surface area contributed by atoms with Gasteiger partial charge in [-0.2, -0.15) is 5.26 Å². The molecule has 1 aromatic heterocycles. The Balaban J connectivity index is 1.92. The normalized spacial score (nSPS) is 16.8. The fraction of sp³-hybridized carbons (Fsp3) is 0.333. The number of hydrogen-bond donors (Lipinski definition) is 1. The number of pyridine rings is 1. The Hall–Kier alpha value is -3.40. The van der Waals surface area contributed by atoms with Crippen molar-refractivity contribution in [1.82, 2.24) is 14.8 Å². The molecule has 1 aliphatic rings. The van der Waals surface area contributed by atoms with Crippen molar-refractivity contribution in [3.8, 4) is 17.2 Å². The highest BCUT2D eigenvalue weighted by Gasteiger charge is 2.35. The van der Waals surface area contributed by atoms with Gasteiger partial charge in [0.05, 0.1) is 5.56 Å². The van der Waals surface area contributed by atoms with E-state index in [4.69, 9.17) is 11.0 Å². The molecule has 0 spiro atoms. The van der Waals surface area contributed by atoms with Crippen LogP contribution in [0.2, 0.25) is 0 Å². The minimum absolute atomic E-state index is 0.0148. The van der Waals surface area contributed by atoms with Gasteiger partial charge in [-0.05, 0) is 30.2 Å². The molecule has 0 unspecified atom stereocenters. The Morgan fingerprint density at radius 1 is 1.32 bits per heavy atom. The first kappa shape index (κ1) is 19.4. The number of rotatable bonds is 4. The van der Waals surface area contributed by atoms with Gasteiger partial charge in [0, 0.05) is 37.5 Å². The van der Waals surface area contributed by atoms with E-state index in [1.54, 1.807) is 47.3 Å². The number of piperazine rings is 1. The lowest BCUT2D eigenvalue weighted by atomic mass is 10.0. The molecule has 2 heterocycles. The SMILES string of the molecule is CCC[C@@H]1C(=O)N(C)CCN1C(=O)c1cccc(-c2cnc(N)c(C#N)c2)c1. The summed E-state index contributed by atoms with van der Waals surface area (Å²) >= 11 is 0. The Morgan fingerprint density at radius 2 is 2.11 bits per heavy atom. The van der Waals surface area contributed by atoms with Gasteiger partial charge < -0.3 is 15.5 Å². The summed E-state index contributed by atoms with van der Waals surface area (Å²) < 4.78 is 0. The van der Waals surface area contributed by atoms with Gasteiger partial charge in [0.2, 0.25) is 5.91 Å². The molecule has 2 N–H and O–H groups in total. The highest BCUT2D eigenvalue weighted by atomic mass is 16.2. The number of nitrogen functional groups attached to an aromatic ring is 1. The quantitative estimate of drug-likeness (QED) is 0.880. The molecule has 28 heavy (non-hydrogen) atoms. The molecule has 144 valence electrons. The zero-order chi connectivity index (χ0) is 20.3. The van der Waals surface area contributed by atoms with Gasteiger partial charge in [-0.3, -0.25) is 9.59 Å². The molecule has 7 heteroatoms. The smallest absolute Gasteiger partial charge is 0.254 e. The number of amides is 2. The van der Waals surface area contributed by atoms with Crippen molar-refractivity contribution in [3.05, 3.63) is 47.7 Å². The number of carbonyl (C=O) groups excluding carboxylic acids is 2. The van der Waals surface area contributed by atoms with E-state index >= 15 is 0 Å². The van der Waals surface area contributed by atoms with Gasteiger partial charge in [-0.15, -0.1) is 0 Å². The highest BCUT2D eigenvalue weighted by Crippen LogP contribution is 2.25. The molecule has 2 aromatic rings. The molecule has 7 nitrogen and oxygen atoms in total. The number of benzene rings is 1. The molecular weight excluding hydrogens is 354 g/mol. The van der Waals surface area contributed by atoms with Crippen LogP contribution >= 0.6 is 0 Å². The van der Waals surface area contributed by atoms with E-state index in [2.05, 4.69) is 4.98 Å². The topological polar surface area (TPSA) is 103 Å². The third-order valence-corrected chi connectivity index (χ3v) is 5.02. The summed E-state index contributed by atoms with van der Waals surface area (Å²) in [6.45, 7) is 3.04. The average molecular weight is 377 g/mol. The maximum atomic E-state index is 13.2. The summed E-state index contributed by atoms with van der Waals surface area (Å²) in [6, 6.07) is 10.4. The minimum Gasteiger partial charge on any atom is -0.383 e. The standard InChI is InChI=1S/C21H23N5O2/c1-3-5-18-21(28)25(2)8-9-26(18)20(27)15-7-4-6-14(10-15)17-11-16(12-22)19(23)24-13-17/h4,6-7,10-11,13,18H,3,5,8-9H2,1-2H3,(H2,23,24)/t18-/m1/s1. The third-order valence-electron chi connectivity index (χ3n) is 5.02. The molecule has 1 atom stereocenters. The van der Waals surface area contributed by atoms with Gasteiger partial charge in [-0.1, -0.05) is 25.5 Å². The minimum atomic E-state index is -0.428. The lowest BCUT2D eigenvalue weighted by Gasteiger charge is -2.39. The van der Waals surface area contributed by atoms with Crippen molar-refractivity contribution in [3.63, 3.8) is 0 Å². The molecule has 3 rings (SSSR count). The molecular formula is C21H23N5O2. The fourth-order valence-electron chi connectivity index (χ4n) is 3.43. The van der Waals surface area contributed by atoms with E-state index in [9.17, 15) is 9.59 Å². The van der Waals surface area contributed by atoms with E-state index < -0.39 is 6.04 Å². The van der Waals surface area contributed by atoms with Crippen LogP contribution in [0.15, 0.2) is 36.5 Å². The predicted molar refractivity (Wildman–Crippen MR) is 106 cm³/mol. The summed E-state index contributed by atoms with van der Waals surface area (Å²) in [4.78, 5) is 33.1. The number of likely N-dealkylation sites (N-methyl/N-ethyl adjacent to an activating group) is 1. The van der Waals surface area contributed by atoms with Crippen LogP contribution in [0.5, 0.6) is 0 Å². The number of nitriles is 1. The summed E-state index contributed by atoms with van der Waals surface area (Å²) in [5.74, 6) is 0.00139. The first-order valence-corrected chi connectivity index (χ1v) is 9.28. The Morgan fingerprint density at radius 3 is 2.82 bits per heavy atom. The molecule has 0 aliphatic carbocycles. The van der Waals surface area contributed by atoms with Crippen molar-refractivity contribution in [1.29, 1.82) is 5.26 Å². The lowest BCUT2D eigenvalue weighted by molar-refractivity contribution is -0.138. The number of anilines is 1. The first-order valence-electron chi connectivity index (χ1n) is 9.28. The van der Waals surface area contributed by atoms with Crippen LogP contribution in [0.1, 0.15) is 35.7 Å².